The number of anilines is 2. The maximum atomic E-state index is 13.3. The molecule has 2 rings (SSSR count). The van der Waals surface area contributed by atoms with Gasteiger partial charge in [0.2, 0.25) is 11.8 Å². The van der Waals surface area contributed by atoms with Crippen LogP contribution in [0.15, 0.2) is 48.5 Å². The van der Waals surface area contributed by atoms with E-state index in [9.17, 15) is 14.0 Å². The molecule has 5 heteroatoms. The lowest BCUT2D eigenvalue weighted by molar-refractivity contribution is -0.116. The summed E-state index contributed by atoms with van der Waals surface area (Å²) in [6.45, 7) is 1.35. The minimum Gasteiger partial charge on any atom is -0.325 e. The van der Waals surface area contributed by atoms with Crippen molar-refractivity contribution in [1.29, 1.82) is 0 Å². The molecule has 0 atom stereocenters. The number of nitrogens with one attached hydrogen (secondary N) is 2. The Labute approximate surface area is 128 Å². The third-order valence-corrected chi connectivity index (χ3v) is 3.05. The Morgan fingerprint density at radius 2 is 1.73 bits per heavy atom. The fourth-order valence-corrected chi connectivity index (χ4v) is 2.03. The summed E-state index contributed by atoms with van der Waals surface area (Å²) < 4.78 is 13.3. The summed E-state index contributed by atoms with van der Waals surface area (Å²) in [5.41, 5.74) is 1.69. The van der Waals surface area contributed by atoms with Crippen LogP contribution in [0.2, 0.25) is 0 Å². The predicted octanol–water partition coefficient (Wildman–Crippen LogP) is 3.36. The van der Waals surface area contributed by atoms with Crippen molar-refractivity contribution in [1.82, 2.24) is 0 Å². The van der Waals surface area contributed by atoms with Crippen molar-refractivity contribution >= 4 is 23.2 Å². The van der Waals surface area contributed by atoms with Gasteiger partial charge in [-0.05, 0) is 30.2 Å². The third kappa shape index (κ3) is 4.70. The van der Waals surface area contributed by atoms with E-state index in [1.165, 1.54) is 25.1 Å². The van der Waals surface area contributed by atoms with Crippen molar-refractivity contribution in [2.24, 2.45) is 0 Å². The molecular weight excluding hydrogens is 283 g/mol. The molecule has 0 fully saturated rings. The lowest BCUT2D eigenvalue weighted by Gasteiger charge is -2.11. The molecule has 0 bridgehead atoms. The molecule has 0 unspecified atom stereocenters. The average Bonchev–Trinajstić information content (AvgIpc) is 2.49. The third-order valence-electron chi connectivity index (χ3n) is 3.05. The van der Waals surface area contributed by atoms with Gasteiger partial charge in [-0.25, -0.2) is 4.39 Å². The number of carbonyl (C=O) groups excluding carboxylic acids is 2. The second-order valence-corrected chi connectivity index (χ2v) is 4.90. The molecule has 2 amide bonds. The lowest BCUT2D eigenvalue weighted by Crippen LogP contribution is -2.15. The second-order valence-electron chi connectivity index (χ2n) is 4.90. The summed E-state index contributed by atoms with van der Waals surface area (Å²) in [5, 5.41) is 5.19. The fraction of sp³-hybridized carbons (Fsp3) is 0.176. The molecule has 0 spiro atoms. The number of amides is 2. The van der Waals surface area contributed by atoms with Gasteiger partial charge in [0.1, 0.15) is 5.82 Å². The molecule has 2 N–H and O–H groups in total. The fourth-order valence-electron chi connectivity index (χ4n) is 2.03. The molecule has 0 aliphatic heterocycles. The van der Waals surface area contributed by atoms with Gasteiger partial charge in [0.05, 0.1) is 11.4 Å². The van der Waals surface area contributed by atoms with Gasteiger partial charge in [0, 0.05) is 13.3 Å². The van der Waals surface area contributed by atoms with Crippen LogP contribution in [0.4, 0.5) is 15.8 Å². The number of rotatable bonds is 5. The Hall–Kier alpha value is -2.69. The van der Waals surface area contributed by atoms with Gasteiger partial charge < -0.3 is 10.6 Å². The summed E-state index contributed by atoms with van der Waals surface area (Å²) in [6, 6.07) is 13.5. The number of hydrogen-bond donors (Lipinski definition) is 2. The van der Waals surface area contributed by atoms with Gasteiger partial charge in [0.15, 0.2) is 0 Å². The van der Waals surface area contributed by atoms with Crippen molar-refractivity contribution in [3.8, 4) is 0 Å². The first-order valence-corrected chi connectivity index (χ1v) is 6.95. The lowest BCUT2D eigenvalue weighted by atomic mass is 10.1. The van der Waals surface area contributed by atoms with E-state index in [1.807, 2.05) is 30.3 Å². The van der Waals surface area contributed by atoms with E-state index in [-0.39, 0.29) is 23.9 Å². The highest BCUT2D eigenvalue weighted by Crippen LogP contribution is 2.23. The number of benzene rings is 2. The molecule has 0 aliphatic rings. The zero-order valence-corrected chi connectivity index (χ0v) is 12.2. The Balaban J connectivity index is 2.01. The van der Waals surface area contributed by atoms with Crippen LogP contribution in [0, 0.1) is 5.82 Å². The normalized spacial score (nSPS) is 10.1. The minimum absolute atomic E-state index is 0.235. The molecule has 114 valence electrons. The molecule has 22 heavy (non-hydrogen) atoms. The van der Waals surface area contributed by atoms with Crippen molar-refractivity contribution in [3.63, 3.8) is 0 Å². The second kappa shape index (κ2) is 7.36. The Morgan fingerprint density at radius 1 is 1.00 bits per heavy atom. The highest BCUT2D eigenvalue weighted by Gasteiger charge is 2.09. The van der Waals surface area contributed by atoms with Crippen molar-refractivity contribution in [3.05, 3.63) is 59.9 Å². The van der Waals surface area contributed by atoms with Crippen molar-refractivity contribution in [2.45, 2.75) is 19.8 Å². The van der Waals surface area contributed by atoms with E-state index in [2.05, 4.69) is 10.6 Å². The zero-order valence-electron chi connectivity index (χ0n) is 12.2. The van der Waals surface area contributed by atoms with E-state index in [0.29, 0.717) is 12.1 Å². The van der Waals surface area contributed by atoms with Gasteiger partial charge in [-0.15, -0.1) is 0 Å². The molecule has 0 saturated heterocycles. The smallest absolute Gasteiger partial charge is 0.224 e. The topological polar surface area (TPSA) is 58.2 Å². The molecule has 0 saturated carbocycles. The summed E-state index contributed by atoms with van der Waals surface area (Å²) in [6.07, 6.45) is 0.873. The Kier molecular flexibility index (Phi) is 5.25. The molecule has 0 heterocycles. The minimum atomic E-state index is -0.479. The SMILES string of the molecule is CC(=O)Nc1ccc(F)cc1NC(=O)CCc1ccccc1. The van der Waals surface area contributed by atoms with Crippen LogP contribution in [0.3, 0.4) is 0 Å². The highest BCUT2D eigenvalue weighted by molar-refractivity contribution is 5.98. The number of aryl methyl sites for hydroxylation is 1. The monoisotopic (exact) mass is 300 g/mol. The average molecular weight is 300 g/mol. The molecule has 0 aromatic heterocycles. The van der Waals surface area contributed by atoms with Crippen molar-refractivity contribution < 1.29 is 14.0 Å². The molecular formula is C17H17FN2O2. The molecule has 2 aromatic carbocycles. The highest BCUT2D eigenvalue weighted by atomic mass is 19.1. The maximum Gasteiger partial charge on any atom is 0.224 e. The van der Waals surface area contributed by atoms with Gasteiger partial charge >= 0.3 is 0 Å². The summed E-state index contributed by atoms with van der Waals surface area (Å²) in [7, 11) is 0. The molecule has 4 nitrogen and oxygen atoms in total. The largest absolute Gasteiger partial charge is 0.325 e. The van der Waals surface area contributed by atoms with E-state index in [1.54, 1.807) is 0 Å². The van der Waals surface area contributed by atoms with Crippen LogP contribution in [0.1, 0.15) is 18.9 Å². The summed E-state index contributed by atoms with van der Waals surface area (Å²) >= 11 is 0. The number of halogens is 1. The Bertz CT molecular complexity index is 672. The predicted molar refractivity (Wildman–Crippen MR) is 84.1 cm³/mol. The van der Waals surface area contributed by atoms with E-state index in [0.717, 1.165) is 5.56 Å². The summed E-state index contributed by atoms with van der Waals surface area (Å²) in [5.74, 6) is -1.00. The van der Waals surface area contributed by atoms with Crippen molar-refractivity contribution in [2.75, 3.05) is 10.6 Å². The molecule has 0 aliphatic carbocycles. The van der Waals surface area contributed by atoms with Gasteiger partial charge in [0.25, 0.3) is 0 Å². The number of hydrogen-bond acceptors (Lipinski definition) is 2. The van der Waals surface area contributed by atoms with Gasteiger partial charge in [-0.1, -0.05) is 30.3 Å². The van der Waals surface area contributed by atoms with Gasteiger partial charge in [-0.3, -0.25) is 9.59 Å². The van der Waals surface area contributed by atoms with Crippen LogP contribution in [-0.2, 0) is 16.0 Å². The van der Waals surface area contributed by atoms with Crippen LogP contribution < -0.4 is 10.6 Å². The Morgan fingerprint density at radius 3 is 2.41 bits per heavy atom. The van der Waals surface area contributed by atoms with E-state index >= 15 is 0 Å². The molecule has 0 radical (unpaired) electrons. The zero-order chi connectivity index (χ0) is 15.9. The van der Waals surface area contributed by atoms with E-state index in [4.69, 9.17) is 0 Å². The molecule has 2 aromatic rings. The van der Waals surface area contributed by atoms with Crippen LogP contribution in [0.25, 0.3) is 0 Å². The quantitative estimate of drug-likeness (QED) is 0.889. The van der Waals surface area contributed by atoms with Crippen LogP contribution in [0.5, 0.6) is 0 Å². The van der Waals surface area contributed by atoms with Gasteiger partial charge in [-0.2, -0.15) is 0 Å². The maximum absolute atomic E-state index is 13.3. The number of carbonyl (C=O) groups is 2. The van der Waals surface area contributed by atoms with Crippen LogP contribution >= 0.6 is 0 Å². The van der Waals surface area contributed by atoms with Crippen LogP contribution in [-0.4, -0.2) is 11.8 Å². The standard InChI is InChI=1S/C17H17FN2O2/c1-12(21)19-15-9-8-14(18)11-16(15)20-17(22)10-7-13-5-3-2-4-6-13/h2-6,8-9,11H,7,10H2,1H3,(H,19,21)(H,20,22). The first kappa shape index (κ1) is 15.7. The van der Waals surface area contributed by atoms with E-state index < -0.39 is 5.82 Å². The first-order valence-electron chi connectivity index (χ1n) is 6.95. The first-order chi connectivity index (χ1) is 10.5. The summed E-state index contributed by atoms with van der Waals surface area (Å²) in [4.78, 5) is 23.1.